The Balaban J connectivity index is 1.52. The van der Waals surface area contributed by atoms with Crippen molar-refractivity contribution in [3.8, 4) is 16.9 Å². The van der Waals surface area contributed by atoms with Gasteiger partial charge in [0.25, 0.3) is 5.91 Å². The van der Waals surface area contributed by atoms with Crippen LogP contribution in [0.1, 0.15) is 26.4 Å². The fourth-order valence-corrected chi connectivity index (χ4v) is 4.72. The van der Waals surface area contributed by atoms with Gasteiger partial charge in [-0.2, -0.15) is 0 Å². The summed E-state index contributed by atoms with van der Waals surface area (Å²) in [5.41, 5.74) is 9.82. The van der Waals surface area contributed by atoms with E-state index in [2.05, 4.69) is 17.4 Å². The average molecular weight is 526 g/mol. The molecular weight excluding hydrogens is 494 g/mol. The standard InChI is InChI=1S/C31H31N3O3S/c32-16-17-33-31(37)27-7-2-6-26(21-27)25-5-1-4-24(20-25)22-34(18-15-29-8-3-19-38-29)30(36)14-11-23-9-12-28(35)13-10-23/h1-14,19-21,35H,15-18,22,32H2,(H,33,37). The first-order valence-corrected chi connectivity index (χ1v) is 13.4. The van der Waals surface area contributed by atoms with Gasteiger partial charge in [0, 0.05) is 42.7 Å². The molecule has 38 heavy (non-hydrogen) atoms. The van der Waals surface area contributed by atoms with Crippen LogP contribution in [-0.2, 0) is 17.8 Å². The molecule has 0 saturated heterocycles. The number of phenolic OH excluding ortho intramolecular Hbond substituents is 1. The molecule has 0 spiro atoms. The Bertz CT molecular complexity index is 1380. The van der Waals surface area contributed by atoms with E-state index in [9.17, 15) is 14.7 Å². The van der Waals surface area contributed by atoms with Crippen LogP contribution in [0.3, 0.4) is 0 Å². The Labute approximate surface area is 227 Å². The third-order valence-electron chi connectivity index (χ3n) is 6.02. The highest BCUT2D eigenvalue weighted by Crippen LogP contribution is 2.23. The van der Waals surface area contributed by atoms with Crippen LogP contribution >= 0.6 is 11.3 Å². The third-order valence-corrected chi connectivity index (χ3v) is 6.96. The Morgan fingerprint density at radius 1 is 0.947 bits per heavy atom. The summed E-state index contributed by atoms with van der Waals surface area (Å²) in [5.74, 6) is -0.0505. The van der Waals surface area contributed by atoms with Crippen molar-refractivity contribution < 1.29 is 14.7 Å². The fraction of sp³-hybridized carbons (Fsp3) is 0.161. The molecule has 0 unspecified atom stereocenters. The van der Waals surface area contributed by atoms with Crippen LogP contribution in [-0.4, -0.2) is 41.5 Å². The number of nitrogens with two attached hydrogens (primary N) is 1. The number of amides is 2. The van der Waals surface area contributed by atoms with Crippen LogP contribution in [0.15, 0.2) is 96.4 Å². The number of benzene rings is 3. The number of hydrogen-bond donors (Lipinski definition) is 3. The van der Waals surface area contributed by atoms with Crippen LogP contribution in [0.2, 0.25) is 0 Å². The van der Waals surface area contributed by atoms with E-state index in [0.29, 0.717) is 31.7 Å². The Morgan fingerprint density at radius 2 is 1.71 bits per heavy atom. The molecule has 0 aliphatic rings. The number of carbonyl (C=O) groups excluding carboxylic acids is 2. The Morgan fingerprint density at radius 3 is 2.45 bits per heavy atom. The van der Waals surface area contributed by atoms with Crippen molar-refractivity contribution in [2.45, 2.75) is 13.0 Å². The zero-order chi connectivity index (χ0) is 26.7. The molecule has 2 amide bonds. The molecule has 0 bridgehead atoms. The van der Waals surface area contributed by atoms with Crippen molar-refractivity contribution in [1.29, 1.82) is 0 Å². The minimum atomic E-state index is -0.154. The first kappa shape index (κ1) is 26.9. The first-order valence-electron chi connectivity index (χ1n) is 12.5. The van der Waals surface area contributed by atoms with Gasteiger partial charge in [-0.3, -0.25) is 9.59 Å². The summed E-state index contributed by atoms with van der Waals surface area (Å²) in [4.78, 5) is 28.7. The second-order valence-electron chi connectivity index (χ2n) is 8.84. The molecule has 194 valence electrons. The van der Waals surface area contributed by atoms with Crippen LogP contribution in [0.4, 0.5) is 0 Å². The number of aromatic hydroxyl groups is 1. The van der Waals surface area contributed by atoms with Gasteiger partial charge in [-0.05, 0) is 76.5 Å². The van der Waals surface area contributed by atoms with Crippen molar-refractivity contribution in [2.75, 3.05) is 19.6 Å². The van der Waals surface area contributed by atoms with Crippen LogP contribution < -0.4 is 11.1 Å². The molecule has 1 aromatic heterocycles. The largest absolute Gasteiger partial charge is 0.508 e. The summed E-state index contributed by atoms with van der Waals surface area (Å²) in [7, 11) is 0. The summed E-state index contributed by atoms with van der Waals surface area (Å²) >= 11 is 1.68. The van der Waals surface area contributed by atoms with Crippen molar-refractivity contribution in [1.82, 2.24) is 10.2 Å². The molecule has 4 aromatic rings. The van der Waals surface area contributed by atoms with Gasteiger partial charge in [0.2, 0.25) is 5.91 Å². The van der Waals surface area contributed by atoms with Gasteiger partial charge in [0.1, 0.15) is 5.75 Å². The summed E-state index contributed by atoms with van der Waals surface area (Å²) in [6.07, 6.45) is 4.11. The molecule has 4 N–H and O–H groups in total. The molecule has 1 heterocycles. The molecule has 0 atom stereocenters. The van der Waals surface area contributed by atoms with Crippen molar-refractivity contribution in [3.05, 3.63) is 118 Å². The number of nitrogens with zero attached hydrogens (tertiary/aromatic N) is 1. The molecule has 6 nitrogen and oxygen atoms in total. The molecular formula is C31H31N3O3S. The van der Waals surface area contributed by atoms with Crippen molar-refractivity contribution in [3.63, 3.8) is 0 Å². The molecule has 4 rings (SSSR count). The monoisotopic (exact) mass is 525 g/mol. The lowest BCUT2D eigenvalue weighted by Crippen LogP contribution is -2.31. The summed E-state index contributed by atoms with van der Waals surface area (Å²) in [5, 5.41) is 14.4. The van der Waals surface area contributed by atoms with E-state index in [1.165, 1.54) is 4.88 Å². The first-order chi connectivity index (χ1) is 18.5. The zero-order valence-electron chi connectivity index (χ0n) is 21.0. The van der Waals surface area contributed by atoms with E-state index in [1.54, 1.807) is 53.8 Å². The number of hydrogen-bond acceptors (Lipinski definition) is 5. The van der Waals surface area contributed by atoms with E-state index >= 15 is 0 Å². The summed E-state index contributed by atoms with van der Waals surface area (Å²) in [6.45, 7) is 1.85. The topological polar surface area (TPSA) is 95.7 Å². The van der Waals surface area contributed by atoms with E-state index in [1.807, 2.05) is 52.7 Å². The Kier molecular flexibility index (Phi) is 9.45. The van der Waals surface area contributed by atoms with Gasteiger partial charge in [-0.15, -0.1) is 11.3 Å². The number of phenols is 1. The minimum absolute atomic E-state index is 0.0846. The molecule has 0 fully saturated rings. The number of thiophene rings is 1. The maximum Gasteiger partial charge on any atom is 0.251 e. The lowest BCUT2D eigenvalue weighted by Gasteiger charge is -2.22. The number of rotatable bonds is 11. The van der Waals surface area contributed by atoms with Gasteiger partial charge >= 0.3 is 0 Å². The van der Waals surface area contributed by atoms with Crippen LogP contribution in [0.5, 0.6) is 5.75 Å². The zero-order valence-corrected chi connectivity index (χ0v) is 21.9. The van der Waals surface area contributed by atoms with Gasteiger partial charge in [0.05, 0.1) is 0 Å². The molecule has 7 heteroatoms. The normalized spacial score (nSPS) is 11.0. The second kappa shape index (κ2) is 13.4. The maximum atomic E-state index is 13.2. The van der Waals surface area contributed by atoms with Crippen molar-refractivity contribution >= 4 is 29.2 Å². The molecule has 3 aromatic carbocycles. The molecule has 0 radical (unpaired) electrons. The lowest BCUT2D eigenvalue weighted by molar-refractivity contribution is -0.126. The van der Waals surface area contributed by atoms with Gasteiger partial charge in [0.15, 0.2) is 0 Å². The van der Waals surface area contributed by atoms with Gasteiger partial charge < -0.3 is 21.1 Å². The highest BCUT2D eigenvalue weighted by Gasteiger charge is 2.13. The second-order valence-corrected chi connectivity index (χ2v) is 9.87. The van der Waals surface area contributed by atoms with Crippen LogP contribution in [0.25, 0.3) is 17.2 Å². The average Bonchev–Trinajstić information content (AvgIpc) is 3.47. The smallest absolute Gasteiger partial charge is 0.251 e. The van der Waals surface area contributed by atoms with E-state index in [0.717, 1.165) is 28.7 Å². The van der Waals surface area contributed by atoms with E-state index in [-0.39, 0.29) is 17.6 Å². The van der Waals surface area contributed by atoms with Crippen molar-refractivity contribution in [2.24, 2.45) is 5.73 Å². The number of nitrogens with one attached hydrogen (secondary N) is 1. The van der Waals surface area contributed by atoms with Gasteiger partial charge in [-0.1, -0.05) is 48.5 Å². The summed E-state index contributed by atoms with van der Waals surface area (Å²) < 4.78 is 0. The third kappa shape index (κ3) is 7.65. The predicted molar refractivity (Wildman–Crippen MR) is 154 cm³/mol. The van der Waals surface area contributed by atoms with E-state index < -0.39 is 0 Å². The quantitative estimate of drug-likeness (QED) is 0.238. The molecule has 0 aliphatic carbocycles. The predicted octanol–water partition coefficient (Wildman–Crippen LogP) is 5.09. The highest BCUT2D eigenvalue weighted by molar-refractivity contribution is 7.09. The molecule has 0 aliphatic heterocycles. The summed E-state index contributed by atoms with van der Waals surface area (Å²) in [6, 6.07) is 26.4. The van der Waals surface area contributed by atoms with E-state index in [4.69, 9.17) is 5.73 Å². The van der Waals surface area contributed by atoms with Crippen LogP contribution in [0, 0.1) is 0 Å². The minimum Gasteiger partial charge on any atom is -0.508 e. The maximum absolute atomic E-state index is 13.2. The molecule has 0 saturated carbocycles. The van der Waals surface area contributed by atoms with Gasteiger partial charge in [-0.25, -0.2) is 0 Å². The lowest BCUT2D eigenvalue weighted by atomic mass is 10.0. The fourth-order valence-electron chi connectivity index (χ4n) is 4.02. The highest BCUT2D eigenvalue weighted by atomic mass is 32.1. The SMILES string of the molecule is NCCNC(=O)c1cccc(-c2cccc(CN(CCc3cccs3)C(=O)C=Cc3ccc(O)cc3)c2)c1. The Hall–Kier alpha value is -4.20. The number of carbonyl (C=O) groups is 2.